The van der Waals surface area contributed by atoms with E-state index in [4.69, 9.17) is 16.3 Å². The minimum Gasteiger partial charge on any atom is -0.465 e. The lowest BCUT2D eigenvalue weighted by Gasteiger charge is -2.17. The van der Waals surface area contributed by atoms with E-state index in [1.54, 1.807) is 24.3 Å². The van der Waals surface area contributed by atoms with E-state index in [-0.39, 0.29) is 16.6 Å². The molecule has 0 bridgehead atoms. The Morgan fingerprint density at radius 2 is 1.96 bits per heavy atom. The Morgan fingerprint density at radius 3 is 2.79 bits per heavy atom. The van der Waals surface area contributed by atoms with Crippen molar-refractivity contribution in [1.82, 2.24) is 9.78 Å². The molecular weight excluding hydrogens is 378 g/mol. The van der Waals surface area contributed by atoms with E-state index in [0.29, 0.717) is 11.4 Å². The zero-order chi connectivity index (χ0) is 19.7. The number of ether oxygens (including phenoxy) is 1. The molecule has 142 valence electrons. The molecule has 0 saturated carbocycles. The van der Waals surface area contributed by atoms with Crippen LogP contribution in [0.25, 0.3) is 5.69 Å². The number of halogens is 1. The van der Waals surface area contributed by atoms with E-state index in [1.807, 2.05) is 12.1 Å². The first-order valence-electron chi connectivity index (χ1n) is 8.90. The molecule has 1 atom stereocenters. The minimum absolute atomic E-state index is 0.0269. The van der Waals surface area contributed by atoms with Gasteiger partial charge in [0.1, 0.15) is 5.02 Å². The quantitative estimate of drug-likeness (QED) is 0.681. The molecule has 0 saturated heterocycles. The number of esters is 1. The Morgan fingerprint density at radius 1 is 1.21 bits per heavy atom. The fourth-order valence-electron chi connectivity index (χ4n) is 3.54. The zero-order valence-corrected chi connectivity index (χ0v) is 15.9. The van der Waals surface area contributed by atoms with Crippen molar-refractivity contribution in [1.29, 1.82) is 0 Å². The van der Waals surface area contributed by atoms with Crippen LogP contribution in [0.1, 0.15) is 33.9 Å². The number of anilines is 1. The number of carbonyl (C=O) groups is 1. The Bertz CT molecular complexity index is 1110. The van der Waals surface area contributed by atoms with E-state index in [1.165, 1.54) is 24.4 Å². The van der Waals surface area contributed by atoms with Crippen molar-refractivity contribution in [2.45, 2.75) is 18.9 Å². The second kappa shape index (κ2) is 7.48. The number of benzene rings is 2. The van der Waals surface area contributed by atoms with Crippen LogP contribution in [0.3, 0.4) is 0 Å². The van der Waals surface area contributed by atoms with Crippen LogP contribution in [-0.2, 0) is 11.2 Å². The summed E-state index contributed by atoms with van der Waals surface area (Å²) < 4.78 is 5.90. The highest BCUT2D eigenvalue weighted by molar-refractivity contribution is 6.33. The summed E-state index contributed by atoms with van der Waals surface area (Å²) in [5.74, 6) is -0.551. The number of methoxy groups -OCH3 is 1. The minimum atomic E-state index is -0.551. The molecule has 1 aromatic heterocycles. The molecule has 1 N–H and O–H groups in total. The Labute approximate surface area is 166 Å². The third-order valence-corrected chi connectivity index (χ3v) is 5.28. The standard InChI is InChI=1S/C21H18ClN3O3/c1-28-21(27)15-8-4-5-9-18(15)25-20(26)19(22)17(12-23-25)24-16-11-10-13-6-2-3-7-14(13)16/h2-9,12,16,24H,10-11H2,1H3. The average molecular weight is 396 g/mol. The number of hydrogen-bond acceptors (Lipinski definition) is 5. The van der Waals surface area contributed by atoms with Crippen molar-refractivity contribution in [2.75, 3.05) is 12.4 Å². The van der Waals surface area contributed by atoms with E-state index >= 15 is 0 Å². The van der Waals surface area contributed by atoms with Crippen LogP contribution in [0, 0.1) is 0 Å². The average Bonchev–Trinajstić information content (AvgIpc) is 3.14. The highest BCUT2D eigenvalue weighted by atomic mass is 35.5. The second-order valence-corrected chi connectivity index (χ2v) is 6.91. The van der Waals surface area contributed by atoms with Crippen LogP contribution in [0.15, 0.2) is 59.5 Å². The van der Waals surface area contributed by atoms with Crippen molar-refractivity contribution in [3.63, 3.8) is 0 Å². The summed E-state index contributed by atoms with van der Waals surface area (Å²) in [7, 11) is 1.29. The van der Waals surface area contributed by atoms with Gasteiger partial charge in [0, 0.05) is 0 Å². The molecule has 1 aliphatic rings. The smallest absolute Gasteiger partial charge is 0.340 e. The van der Waals surface area contributed by atoms with Gasteiger partial charge in [-0.05, 0) is 36.1 Å². The Hall–Kier alpha value is -3.12. The number of carbonyl (C=O) groups excluding carboxylic acids is 1. The van der Waals surface area contributed by atoms with Crippen LogP contribution in [0.5, 0.6) is 0 Å². The predicted octanol–water partition coefficient (Wildman–Crippen LogP) is 3.77. The lowest BCUT2D eigenvalue weighted by Crippen LogP contribution is -2.25. The van der Waals surface area contributed by atoms with Crippen molar-refractivity contribution < 1.29 is 9.53 Å². The summed E-state index contributed by atoms with van der Waals surface area (Å²) in [6.07, 6.45) is 3.41. The third kappa shape index (κ3) is 3.16. The summed E-state index contributed by atoms with van der Waals surface area (Å²) in [4.78, 5) is 24.9. The van der Waals surface area contributed by atoms with E-state index < -0.39 is 11.5 Å². The maximum Gasteiger partial charge on any atom is 0.340 e. The summed E-state index contributed by atoms with van der Waals surface area (Å²) in [5.41, 5.74) is 3.03. The summed E-state index contributed by atoms with van der Waals surface area (Å²) in [6.45, 7) is 0. The van der Waals surface area contributed by atoms with Gasteiger partial charge in [0.05, 0.1) is 36.3 Å². The number of hydrogen-bond donors (Lipinski definition) is 1. The first-order chi connectivity index (χ1) is 13.6. The summed E-state index contributed by atoms with van der Waals surface area (Å²) in [5, 5.41) is 7.60. The maximum absolute atomic E-state index is 12.8. The molecule has 2 aromatic carbocycles. The SMILES string of the molecule is COC(=O)c1ccccc1-n1ncc(NC2CCc3ccccc32)c(Cl)c1=O. The summed E-state index contributed by atoms with van der Waals surface area (Å²) >= 11 is 6.37. The van der Waals surface area contributed by atoms with Crippen molar-refractivity contribution in [3.05, 3.63) is 86.8 Å². The lowest BCUT2D eigenvalue weighted by molar-refractivity contribution is 0.0600. The molecule has 0 radical (unpaired) electrons. The van der Waals surface area contributed by atoms with E-state index in [0.717, 1.165) is 17.5 Å². The monoisotopic (exact) mass is 395 g/mol. The molecule has 1 aliphatic carbocycles. The Balaban J connectivity index is 1.70. The van der Waals surface area contributed by atoms with E-state index in [2.05, 4.69) is 22.5 Å². The number of nitrogens with one attached hydrogen (secondary N) is 1. The van der Waals surface area contributed by atoms with E-state index in [9.17, 15) is 9.59 Å². The molecule has 0 aliphatic heterocycles. The molecule has 7 heteroatoms. The van der Waals surface area contributed by atoms with Gasteiger partial charge >= 0.3 is 5.97 Å². The van der Waals surface area contributed by atoms with Gasteiger partial charge in [0.25, 0.3) is 5.56 Å². The van der Waals surface area contributed by atoms with Gasteiger partial charge in [0.15, 0.2) is 0 Å². The molecule has 0 amide bonds. The normalized spacial score (nSPS) is 15.1. The lowest BCUT2D eigenvalue weighted by atomic mass is 10.1. The zero-order valence-electron chi connectivity index (χ0n) is 15.2. The van der Waals surface area contributed by atoms with Crippen LogP contribution in [0.4, 0.5) is 5.69 Å². The molecule has 28 heavy (non-hydrogen) atoms. The highest BCUT2D eigenvalue weighted by Crippen LogP contribution is 2.34. The molecular formula is C21H18ClN3O3. The second-order valence-electron chi connectivity index (χ2n) is 6.53. The topological polar surface area (TPSA) is 73.2 Å². The fourth-order valence-corrected chi connectivity index (χ4v) is 3.72. The third-order valence-electron chi connectivity index (χ3n) is 4.92. The largest absolute Gasteiger partial charge is 0.465 e. The molecule has 3 aromatic rings. The Kier molecular flexibility index (Phi) is 4.88. The van der Waals surface area contributed by atoms with Crippen molar-refractivity contribution in [3.8, 4) is 5.69 Å². The number of para-hydroxylation sites is 1. The number of rotatable bonds is 4. The summed E-state index contributed by atoms with van der Waals surface area (Å²) in [6, 6.07) is 14.9. The highest BCUT2D eigenvalue weighted by Gasteiger charge is 2.24. The maximum atomic E-state index is 12.8. The fraction of sp³-hybridized carbons (Fsp3) is 0.190. The molecule has 0 fully saturated rings. The number of nitrogens with zero attached hydrogens (tertiary/aromatic N) is 2. The molecule has 1 unspecified atom stereocenters. The van der Waals surface area contributed by atoms with Crippen LogP contribution in [-0.4, -0.2) is 22.9 Å². The van der Waals surface area contributed by atoms with Gasteiger partial charge in [-0.1, -0.05) is 48.0 Å². The van der Waals surface area contributed by atoms with Crippen LogP contribution < -0.4 is 10.9 Å². The van der Waals surface area contributed by atoms with Crippen molar-refractivity contribution in [2.24, 2.45) is 0 Å². The van der Waals surface area contributed by atoms with Crippen LogP contribution >= 0.6 is 11.6 Å². The van der Waals surface area contributed by atoms with Gasteiger partial charge in [-0.2, -0.15) is 9.78 Å². The van der Waals surface area contributed by atoms with Gasteiger partial charge in [0.2, 0.25) is 0 Å². The van der Waals surface area contributed by atoms with Gasteiger partial charge < -0.3 is 10.1 Å². The van der Waals surface area contributed by atoms with Gasteiger partial charge in [-0.15, -0.1) is 0 Å². The first-order valence-corrected chi connectivity index (χ1v) is 9.28. The number of aryl methyl sites for hydroxylation is 1. The number of fused-ring (bicyclic) bond motifs is 1. The van der Waals surface area contributed by atoms with Gasteiger partial charge in [-0.25, -0.2) is 4.79 Å². The first kappa shape index (κ1) is 18.3. The predicted molar refractivity (Wildman–Crippen MR) is 107 cm³/mol. The van der Waals surface area contributed by atoms with Crippen molar-refractivity contribution >= 4 is 23.3 Å². The molecule has 0 spiro atoms. The molecule has 4 rings (SSSR count). The molecule has 1 heterocycles. The molecule has 6 nitrogen and oxygen atoms in total. The van der Waals surface area contributed by atoms with Crippen LogP contribution in [0.2, 0.25) is 5.02 Å². The number of aromatic nitrogens is 2. The van der Waals surface area contributed by atoms with Gasteiger partial charge in [-0.3, -0.25) is 4.79 Å².